The number of hydrogen-bond acceptors (Lipinski definition) is 4. The van der Waals surface area contributed by atoms with E-state index in [1.807, 2.05) is 24.3 Å². The third kappa shape index (κ3) is 3.51. The third-order valence-electron chi connectivity index (χ3n) is 3.45. The minimum absolute atomic E-state index is 0.0843. The first-order valence-electron chi connectivity index (χ1n) is 6.87. The molecule has 1 aromatic carbocycles. The second-order valence-electron chi connectivity index (χ2n) is 4.94. The second kappa shape index (κ2) is 6.41. The van der Waals surface area contributed by atoms with E-state index in [2.05, 4.69) is 25.9 Å². The number of benzene rings is 1. The van der Waals surface area contributed by atoms with Gasteiger partial charge in [0.05, 0.1) is 31.6 Å². The average Bonchev–Trinajstić information content (AvgIpc) is 2.50. The fourth-order valence-electron chi connectivity index (χ4n) is 2.35. The van der Waals surface area contributed by atoms with Crippen molar-refractivity contribution in [3.63, 3.8) is 0 Å². The Morgan fingerprint density at radius 2 is 2.05 bits per heavy atom. The van der Waals surface area contributed by atoms with Gasteiger partial charge in [-0.05, 0) is 17.7 Å². The van der Waals surface area contributed by atoms with E-state index in [4.69, 9.17) is 4.74 Å². The molecule has 1 saturated heterocycles. The molecule has 3 rings (SSSR count). The van der Waals surface area contributed by atoms with E-state index in [0.29, 0.717) is 19.8 Å². The summed E-state index contributed by atoms with van der Waals surface area (Å²) in [6.45, 7) is 3.47. The van der Waals surface area contributed by atoms with Gasteiger partial charge in [0.2, 0.25) is 0 Å². The molecule has 0 unspecified atom stereocenters. The molecule has 2 aromatic rings. The number of ether oxygens (including phenoxy) is 1. The van der Waals surface area contributed by atoms with E-state index >= 15 is 0 Å². The SMILES string of the molecule is O=c1cc(N2CCOCC2)cnn1Cc1cccc(Br)c1. The van der Waals surface area contributed by atoms with Crippen molar-refractivity contribution in [1.29, 1.82) is 0 Å². The van der Waals surface area contributed by atoms with Gasteiger partial charge < -0.3 is 9.64 Å². The Hall–Kier alpha value is -1.66. The van der Waals surface area contributed by atoms with Crippen molar-refractivity contribution in [1.82, 2.24) is 9.78 Å². The van der Waals surface area contributed by atoms with Crippen molar-refractivity contribution >= 4 is 21.6 Å². The summed E-state index contributed by atoms with van der Waals surface area (Å²) in [7, 11) is 0. The van der Waals surface area contributed by atoms with Crippen LogP contribution in [0.15, 0.2) is 45.8 Å². The fraction of sp³-hybridized carbons (Fsp3) is 0.333. The van der Waals surface area contributed by atoms with Crippen molar-refractivity contribution in [2.45, 2.75) is 6.54 Å². The zero-order valence-corrected chi connectivity index (χ0v) is 13.1. The molecule has 0 bridgehead atoms. The zero-order valence-electron chi connectivity index (χ0n) is 11.5. The summed E-state index contributed by atoms with van der Waals surface area (Å²) in [5, 5.41) is 4.28. The standard InChI is InChI=1S/C15H16BrN3O2/c16-13-3-1-2-12(8-13)11-19-15(20)9-14(10-17-19)18-4-6-21-7-5-18/h1-3,8-10H,4-7,11H2. The van der Waals surface area contributed by atoms with E-state index in [1.54, 1.807) is 12.3 Å². The average molecular weight is 350 g/mol. The maximum absolute atomic E-state index is 12.2. The Balaban J connectivity index is 1.79. The highest BCUT2D eigenvalue weighted by Gasteiger charge is 2.12. The van der Waals surface area contributed by atoms with Gasteiger partial charge in [0.25, 0.3) is 5.56 Å². The van der Waals surface area contributed by atoms with E-state index in [0.717, 1.165) is 28.8 Å². The monoisotopic (exact) mass is 349 g/mol. The van der Waals surface area contributed by atoms with Crippen LogP contribution in [-0.4, -0.2) is 36.1 Å². The predicted molar refractivity (Wildman–Crippen MR) is 84.8 cm³/mol. The molecule has 5 nitrogen and oxygen atoms in total. The Kier molecular flexibility index (Phi) is 4.36. The molecule has 0 amide bonds. The summed E-state index contributed by atoms with van der Waals surface area (Å²) in [4.78, 5) is 14.3. The molecule has 0 saturated carbocycles. The Labute approximate surface area is 131 Å². The smallest absolute Gasteiger partial charge is 0.269 e. The minimum Gasteiger partial charge on any atom is -0.378 e. The van der Waals surface area contributed by atoms with Crippen LogP contribution < -0.4 is 10.5 Å². The Bertz CT molecular complexity index is 681. The lowest BCUT2D eigenvalue weighted by atomic mass is 10.2. The van der Waals surface area contributed by atoms with Crippen LogP contribution in [0.3, 0.4) is 0 Å². The van der Waals surface area contributed by atoms with E-state index in [1.165, 1.54) is 4.68 Å². The Morgan fingerprint density at radius 3 is 2.76 bits per heavy atom. The molecular weight excluding hydrogens is 334 g/mol. The quantitative estimate of drug-likeness (QED) is 0.848. The summed E-state index contributed by atoms with van der Waals surface area (Å²) in [6.07, 6.45) is 1.75. The maximum atomic E-state index is 12.2. The molecule has 0 radical (unpaired) electrons. The van der Waals surface area contributed by atoms with Gasteiger partial charge in [0.15, 0.2) is 0 Å². The van der Waals surface area contributed by atoms with Crippen LogP contribution in [-0.2, 0) is 11.3 Å². The van der Waals surface area contributed by atoms with Crippen LogP contribution in [0.4, 0.5) is 5.69 Å². The van der Waals surface area contributed by atoms with Gasteiger partial charge in [-0.25, -0.2) is 4.68 Å². The van der Waals surface area contributed by atoms with Crippen LogP contribution in [0.25, 0.3) is 0 Å². The molecule has 1 aromatic heterocycles. The van der Waals surface area contributed by atoms with Gasteiger partial charge in [0, 0.05) is 23.6 Å². The van der Waals surface area contributed by atoms with Crippen LogP contribution in [0, 0.1) is 0 Å². The van der Waals surface area contributed by atoms with Crippen molar-refractivity contribution in [3.8, 4) is 0 Å². The highest BCUT2D eigenvalue weighted by atomic mass is 79.9. The maximum Gasteiger partial charge on any atom is 0.269 e. The number of halogens is 1. The molecule has 1 fully saturated rings. The van der Waals surface area contributed by atoms with Crippen LogP contribution in [0.1, 0.15) is 5.56 Å². The van der Waals surface area contributed by atoms with Gasteiger partial charge in [-0.15, -0.1) is 0 Å². The topological polar surface area (TPSA) is 47.4 Å². The number of morpholine rings is 1. The molecule has 2 heterocycles. The molecule has 0 aliphatic carbocycles. The largest absolute Gasteiger partial charge is 0.378 e. The van der Waals surface area contributed by atoms with Crippen LogP contribution in [0.2, 0.25) is 0 Å². The first-order valence-corrected chi connectivity index (χ1v) is 7.66. The molecule has 1 aliphatic rings. The van der Waals surface area contributed by atoms with Gasteiger partial charge >= 0.3 is 0 Å². The molecule has 1 aliphatic heterocycles. The molecule has 0 spiro atoms. The van der Waals surface area contributed by atoms with E-state index < -0.39 is 0 Å². The summed E-state index contributed by atoms with van der Waals surface area (Å²) in [5.41, 5.74) is 1.82. The number of hydrogen-bond donors (Lipinski definition) is 0. The highest BCUT2D eigenvalue weighted by Crippen LogP contribution is 2.13. The van der Waals surface area contributed by atoms with Crippen LogP contribution >= 0.6 is 15.9 Å². The van der Waals surface area contributed by atoms with E-state index in [9.17, 15) is 4.79 Å². The summed E-state index contributed by atoms with van der Waals surface area (Å²) < 4.78 is 7.79. The summed E-state index contributed by atoms with van der Waals surface area (Å²) >= 11 is 3.43. The summed E-state index contributed by atoms with van der Waals surface area (Å²) in [5.74, 6) is 0. The third-order valence-corrected chi connectivity index (χ3v) is 3.95. The zero-order chi connectivity index (χ0) is 14.7. The molecule has 0 N–H and O–H groups in total. The molecule has 21 heavy (non-hydrogen) atoms. The van der Waals surface area contributed by atoms with Gasteiger partial charge in [-0.3, -0.25) is 4.79 Å². The lowest BCUT2D eigenvalue weighted by Gasteiger charge is -2.28. The number of anilines is 1. The van der Waals surface area contributed by atoms with Crippen molar-refractivity contribution < 1.29 is 4.74 Å². The fourth-order valence-corrected chi connectivity index (χ4v) is 2.79. The lowest BCUT2D eigenvalue weighted by molar-refractivity contribution is 0.122. The first kappa shape index (κ1) is 14.3. The minimum atomic E-state index is -0.0843. The van der Waals surface area contributed by atoms with Gasteiger partial charge in [0.1, 0.15) is 0 Å². The Morgan fingerprint density at radius 1 is 1.24 bits per heavy atom. The molecule has 6 heteroatoms. The van der Waals surface area contributed by atoms with Crippen LogP contribution in [0.5, 0.6) is 0 Å². The molecule has 110 valence electrons. The van der Waals surface area contributed by atoms with Crippen molar-refractivity contribution in [3.05, 3.63) is 56.9 Å². The number of nitrogens with zero attached hydrogens (tertiary/aromatic N) is 3. The van der Waals surface area contributed by atoms with Crippen molar-refractivity contribution in [2.75, 3.05) is 31.2 Å². The van der Waals surface area contributed by atoms with E-state index in [-0.39, 0.29) is 5.56 Å². The predicted octanol–water partition coefficient (Wildman–Crippen LogP) is 1.89. The molecular formula is C15H16BrN3O2. The van der Waals surface area contributed by atoms with Gasteiger partial charge in [-0.2, -0.15) is 5.10 Å². The van der Waals surface area contributed by atoms with Crippen molar-refractivity contribution in [2.24, 2.45) is 0 Å². The first-order chi connectivity index (χ1) is 10.2. The number of rotatable bonds is 3. The second-order valence-corrected chi connectivity index (χ2v) is 5.85. The molecule has 0 atom stereocenters. The normalized spacial score (nSPS) is 15.2. The van der Waals surface area contributed by atoms with Gasteiger partial charge in [-0.1, -0.05) is 28.1 Å². The lowest BCUT2D eigenvalue weighted by Crippen LogP contribution is -2.37. The highest BCUT2D eigenvalue weighted by molar-refractivity contribution is 9.10. The number of aromatic nitrogens is 2. The summed E-state index contributed by atoms with van der Waals surface area (Å²) in [6, 6.07) is 9.53.